The number of nitriles is 1. The molecule has 0 radical (unpaired) electrons. The maximum absolute atomic E-state index is 9.01. The van der Waals surface area contributed by atoms with Crippen molar-refractivity contribution in [2.75, 3.05) is 6.54 Å². The number of rotatable bonds is 5. The van der Waals surface area contributed by atoms with Crippen LogP contribution >= 0.6 is 0 Å². The third-order valence-electron chi connectivity index (χ3n) is 2.79. The Morgan fingerprint density at radius 1 is 1.33 bits per heavy atom. The van der Waals surface area contributed by atoms with E-state index < -0.39 is 0 Å². The molecule has 1 aliphatic rings. The summed E-state index contributed by atoms with van der Waals surface area (Å²) < 4.78 is 0. The molecule has 2 heteroatoms. The van der Waals surface area contributed by atoms with Gasteiger partial charge in [0.15, 0.2) is 0 Å². The fraction of sp³-hybridized carbons (Fsp3) is 0.462. The van der Waals surface area contributed by atoms with Crippen LogP contribution in [0.15, 0.2) is 30.3 Å². The molecule has 1 aromatic rings. The molecule has 1 fully saturated rings. The van der Waals surface area contributed by atoms with Crippen LogP contribution in [0.1, 0.15) is 18.4 Å². The zero-order valence-electron chi connectivity index (χ0n) is 8.82. The van der Waals surface area contributed by atoms with E-state index >= 15 is 0 Å². The maximum Gasteiger partial charge on any atom is 0.0993 e. The molecular weight excluding hydrogens is 184 g/mol. The van der Waals surface area contributed by atoms with E-state index in [0.29, 0.717) is 0 Å². The molecule has 1 aromatic carbocycles. The summed E-state index contributed by atoms with van der Waals surface area (Å²) in [6.07, 6.45) is 3.47. The molecule has 1 aliphatic carbocycles. The monoisotopic (exact) mass is 200 g/mol. The van der Waals surface area contributed by atoms with Crippen molar-refractivity contribution in [2.24, 2.45) is 5.92 Å². The standard InChI is InChI=1S/C13H16N2/c14-9-13(15-10-12-6-7-12)8-11-4-2-1-3-5-11/h1-5,12-13,15H,6-8,10H2. The number of benzene rings is 1. The van der Waals surface area contributed by atoms with Crippen molar-refractivity contribution in [2.45, 2.75) is 25.3 Å². The molecule has 1 N–H and O–H groups in total. The molecular formula is C13H16N2. The minimum Gasteiger partial charge on any atom is -0.301 e. The second-order valence-electron chi connectivity index (χ2n) is 4.22. The second-order valence-corrected chi connectivity index (χ2v) is 4.22. The van der Waals surface area contributed by atoms with Crippen LogP contribution in [-0.2, 0) is 6.42 Å². The van der Waals surface area contributed by atoms with Crippen LogP contribution in [0, 0.1) is 17.2 Å². The Morgan fingerprint density at radius 2 is 2.07 bits per heavy atom. The molecule has 0 bridgehead atoms. The molecule has 0 spiro atoms. The molecule has 1 atom stereocenters. The molecule has 78 valence electrons. The Kier molecular flexibility index (Phi) is 3.37. The van der Waals surface area contributed by atoms with E-state index in [0.717, 1.165) is 18.9 Å². The van der Waals surface area contributed by atoms with Crippen molar-refractivity contribution >= 4 is 0 Å². The number of nitrogens with zero attached hydrogens (tertiary/aromatic N) is 1. The molecule has 0 aromatic heterocycles. The molecule has 2 nitrogen and oxygen atoms in total. The van der Waals surface area contributed by atoms with E-state index in [1.807, 2.05) is 18.2 Å². The van der Waals surface area contributed by atoms with Gasteiger partial charge in [0.05, 0.1) is 12.1 Å². The number of hydrogen-bond acceptors (Lipinski definition) is 2. The average molecular weight is 200 g/mol. The third kappa shape index (κ3) is 3.38. The Balaban J connectivity index is 1.82. The molecule has 2 rings (SSSR count). The van der Waals surface area contributed by atoms with Gasteiger partial charge < -0.3 is 5.32 Å². The van der Waals surface area contributed by atoms with E-state index in [4.69, 9.17) is 5.26 Å². The van der Waals surface area contributed by atoms with Gasteiger partial charge in [0.25, 0.3) is 0 Å². The maximum atomic E-state index is 9.01. The summed E-state index contributed by atoms with van der Waals surface area (Å²) in [7, 11) is 0. The zero-order valence-corrected chi connectivity index (χ0v) is 8.82. The normalized spacial score (nSPS) is 17.0. The summed E-state index contributed by atoms with van der Waals surface area (Å²) in [6, 6.07) is 12.5. The predicted octanol–water partition coefficient (Wildman–Crippen LogP) is 2.12. The van der Waals surface area contributed by atoms with Crippen LogP contribution in [0.25, 0.3) is 0 Å². The van der Waals surface area contributed by atoms with E-state index in [1.54, 1.807) is 0 Å². The lowest BCUT2D eigenvalue weighted by molar-refractivity contribution is 0.570. The first-order valence-electron chi connectivity index (χ1n) is 5.55. The van der Waals surface area contributed by atoms with Crippen molar-refractivity contribution in [3.8, 4) is 6.07 Å². The van der Waals surface area contributed by atoms with E-state index in [9.17, 15) is 0 Å². The topological polar surface area (TPSA) is 35.8 Å². The molecule has 1 saturated carbocycles. The average Bonchev–Trinajstić information content (AvgIpc) is 3.09. The van der Waals surface area contributed by atoms with Gasteiger partial charge in [0.2, 0.25) is 0 Å². The highest BCUT2D eigenvalue weighted by atomic mass is 14.9. The fourth-order valence-corrected chi connectivity index (χ4v) is 1.64. The van der Waals surface area contributed by atoms with Crippen molar-refractivity contribution in [3.05, 3.63) is 35.9 Å². The van der Waals surface area contributed by atoms with Gasteiger partial charge in [-0.05, 0) is 30.9 Å². The van der Waals surface area contributed by atoms with Gasteiger partial charge in [-0.1, -0.05) is 30.3 Å². The molecule has 0 heterocycles. The smallest absolute Gasteiger partial charge is 0.0993 e. The van der Waals surface area contributed by atoms with Crippen molar-refractivity contribution < 1.29 is 0 Å². The quantitative estimate of drug-likeness (QED) is 0.790. The minimum atomic E-state index is -0.0343. The molecule has 1 unspecified atom stereocenters. The summed E-state index contributed by atoms with van der Waals surface area (Å²) in [6.45, 7) is 1.01. The summed E-state index contributed by atoms with van der Waals surface area (Å²) in [5.74, 6) is 0.830. The summed E-state index contributed by atoms with van der Waals surface area (Å²) >= 11 is 0. The number of hydrogen-bond donors (Lipinski definition) is 1. The van der Waals surface area contributed by atoms with Gasteiger partial charge in [-0.3, -0.25) is 0 Å². The first kappa shape index (κ1) is 10.2. The number of nitrogens with one attached hydrogen (secondary N) is 1. The molecule has 0 saturated heterocycles. The Labute approximate surface area is 90.9 Å². The van der Waals surface area contributed by atoms with E-state index in [-0.39, 0.29) is 6.04 Å². The lowest BCUT2D eigenvalue weighted by Gasteiger charge is -2.10. The van der Waals surface area contributed by atoms with Crippen LogP contribution in [-0.4, -0.2) is 12.6 Å². The Morgan fingerprint density at radius 3 is 2.67 bits per heavy atom. The van der Waals surface area contributed by atoms with Gasteiger partial charge in [0.1, 0.15) is 0 Å². The Bertz CT molecular complexity index is 335. The third-order valence-corrected chi connectivity index (χ3v) is 2.79. The lowest BCUT2D eigenvalue weighted by atomic mass is 10.1. The highest BCUT2D eigenvalue weighted by Gasteiger charge is 2.22. The minimum absolute atomic E-state index is 0.0343. The molecule has 0 amide bonds. The van der Waals surface area contributed by atoms with Crippen LogP contribution in [0.5, 0.6) is 0 Å². The van der Waals surface area contributed by atoms with Crippen LogP contribution < -0.4 is 5.32 Å². The van der Waals surface area contributed by atoms with Crippen molar-refractivity contribution in [1.82, 2.24) is 5.32 Å². The van der Waals surface area contributed by atoms with Gasteiger partial charge in [0, 0.05) is 6.42 Å². The van der Waals surface area contributed by atoms with Crippen LogP contribution in [0.3, 0.4) is 0 Å². The molecule has 0 aliphatic heterocycles. The molecule has 15 heavy (non-hydrogen) atoms. The van der Waals surface area contributed by atoms with Gasteiger partial charge in [-0.2, -0.15) is 5.26 Å². The lowest BCUT2D eigenvalue weighted by Crippen LogP contribution is -2.31. The summed E-state index contributed by atoms with van der Waals surface area (Å²) in [5, 5.41) is 12.3. The predicted molar refractivity (Wildman–Crippen MR) is 60.3 cm³/mol. The fourth-order valence-electron chi connectivity index (χ4n) is 1.64. The zero-order chi connectivity index (χ0) is 10.5. The first-order valence-corrected chi connectivity index (χ1v) is 5.55. The van der Waals surface area contributed by atoms with E-state index in [1.165, 1.54) is 18.4 Å². The SMILES string of the molecule is N#CC(Cc1ccccc1)NCC1CC1. The van der Waals surface area contributed by atoms with Gasteiger partial charge >= 0.3 is 0 Å². The van der Waals surface area contributed by atoms with Crippen molar-refractivity contribution in [1.29, 1.82) is 5.26 Å². The van der Waals surface area contributed by atoms with Gasteiger partial charge in [-0.15, -0.1) is 0 Å². The highest BCUT2D eigenvalue weighted by Crippen LogP contribution is 2.27. The van der Waals surface area contributed by atoms with Crippen LogP contribution in [0.4, 0.5) is 0 Å². The summed E-state index contributed by atoms with van der Waals surface area (Å²) in [4.78, 5) is 0. The second kappa shape index (κ2) is 4.95. The Hall–Kier alpha value is -1.33. The first-order chi connectivity index (χ1) is 7.38. The van der Waals surface area contributed by atoms with Crippen LogP contribution in [0.2, 0.25) is 0 Å². The largest absolute Gasteiger partial charge is 0.301 e. The van der Waals surface area contributed by atoms with Crippen molar-refractivity contribution in [3.63, 3.8) is 0 Å². The van der Waals surface area contributed by atoms with E-state index in [2.05, 4.69) is 23.5 Å². The van der Waals surface area contributed by atoms with Gasteiger partial charge in [-0.25, -0.2) is 0 Å². The summed E-state index contributed by atoms with van der Waals surface area (Å²) in [5.41, 5.74) is 1.23. The highest BCUT2D eigenvalue weighted by molar-refractivity contribution is 5.17.